The van der Waals surface area contributed by atoms with Crippen LogP contribution in [-0.4, -0.2) is 16.0 Å². The largest absolute Gasteiger partial charge is 0.334 e. The molecular formula is C17H24N4O2. The zero-order chi connectivity index (χ0) is 16.8. The molecule has 0 aliphatic rings. The molecule has 1 aromatic carbocycles. The molecule has 1 aromatic heterocycles. The number of benzene rings is 1. The van der Waals surface area contributed by atoms with Gasteiger partial charge in [0.05, 0.1) is 0 Å². The lowest BCUT2D eigenvalue weighted by atomic mass is 10.1. The Hall–Kier alpha value is -2.37. The standard InChI is InChI=1S/C17H24N4O2/c1-5-12(4)16(22)19-14-8-6-7-13(9-14)10-18-17-20-15(11(2)3)21-23-17/h6-9,11-12H,5,10H2,1-4H3,(H,19,22)(H,18,20,21). The van der Waals surface area contributed by atoms with Gasteiger partial charge in [0.1, 0.15) is 0 Å². The van der Waals surface area contributed by atoms with Crippen molar-refractivity contribution in [2.24, 2.45) is 5.92 Å². The van der Waals surface area contributed by atoms with E-state index >= 15 is 0 Å². The zero-order valence-corrected chi connectivity index (χ0v) is 14.1. The lowest BCUT2D eigenvalue weighted by molar-refractivity contribution is -0.119. The number of nitrogens with one attached hydrogen (secondary N) is 2. The van der Waals surface area contributed by atoms with Gasteiger partial charge in [-0.3, -0.25) is 4.79 Å². The predicted molar refractivity (Wildman–Crippen MR) is 90.2 cm³/mol. The van der Waals surface area contributed by atoms with E-state index in [1.165, 1.54) is 0 Å². The predicted octanol–water partition coefficient (Wildman–Crippen LogP) is 3.79. The Labute approximate surface area is 136 Å². The van der Waals surface area contributed by atoms with Crippen LogP contribution < -0.4 is 10.6 Å². The maximum Gasteiger partial charge on any atom is 0.321 e. The average molecular weight is 316 g/mol. The second-order valence-corrected chi connectivity index (χ2v) is 5.96. The molecule has 0 fully saturated rings. The molecule has 0 bridgehead atoms. The minimum Gasteiger partial charge on any atom is -0.334 e. The Morgan fingerprint density at radius 3 is 2.74 bits per heavy atom. The number of hydrogen-bond donors (Lipinski definition) is 2. The van der Waals surface area contributed by atoms with Gasteiger partial charge in [-0.15, -0.1) is 0 Å². The van der Waals surface area contributed by atoms with Crippen LogP contribution >= 0.6 is 0 Å². The second kappa shape index (κ2) is 7.76. The Bertz CT molecular complexity index is 652. The van der Waals surface area contributed by atoms with E-state index in [0.717, 1.165) is 17.7 Å². The molecule has 1 heterocycles. The van der Waals surface area contributed by atoms with Gasteiger partial charge in [-0.05, 0) is 24.1 Å². The first-order chi connectivity index (χ1) is 11.0. The minimum absolute atomic E-state index is 0.00429. The lowest BCUT2D eigenvalue weighted by Crippen LogP contribution is -2.19. The van der Waals surface area contributed by atoms with Crippen LogP contribution in [0, 0.1) is 5.92 Å². The average Bonchev–Trinajstić information content (AvgIpc) is 3.01. The summed E-state index contributed by atoms with van der Waals surface area (Å²) in [5, 5.41) is 9.94. The van der Waals surface area contributed by atoms with Crippen LogP contribution in [0.4, 0.5) is 11.7 Å². The highest BCUT2D eigenvalue weighted by atomic mass is 16.5. The number of carbonyl (C=O) groups excluding carboxylic acids is 1. The molecule has 0 spiro atoms. The molecule has 0 aliphatic heterocycles. The third kappa shape index (κ3) is 4.81. The Morgan fingerprint density at radius 1 is 1.30 bits per heavy atom. The number of aromatic nitrogens is 2. The third-order valence-corrected chi connectivity index (χ3v) is 3.66. The van der Waals surface area contributed by atoms with Crippen LogP contribution in [0.3, 0.4) is 0 Å². The van der Waals surface area contributed by atoms with E-state index < -0.39 is 0 Å². The van der Waals surface area contributed by atoms with E-state index in [1.807, 2.05) is 52.0 Å². The number of carbonyl (C=O) groups is 1. The second-order valence-electron chi connectivity index (χ2n) is 5.96. The lowest BCUT2D eigenvalue weighted by Gasteiger charge is -2.11. The number of hydrogen-bond acceptors (Lipinski definition) is 5. The molecule has 0 saturated heterocycles. The molecule has 2 N–H and O–H groups in total. The summed E-state index contributed by atoms with van der Waals surface area (Å²) in [6.07, 6.45) is 0.822. The smallest absolute Gasteiger partial charge is 0.321 e. The van der Waals surface area contributed by atoms with Crippen molar-refractivity contribution in [3.63, 3.8) is 0 Å². The van der Waals surface area contributed by atoms with Crippen molar-refractivity contribution in [1.82, 2.24) is 10.1 Å². The maximum atomic E-state index is 11.9. The monoisotopic (exact) mass is 316 g/mol. The molecule has 6 nitrogen and oxygen atoms in total. The summed E-state index contributed by atoms with van der Waals surface area (Å²) in [6.45, 7) is 8.49. The molecule has 0 radical (unpaired) electrons. The van der Waals surface area contributed by atoms with E-state index in [2.05, 4.69) is 20.8 Å². The molecule has 0 aliphatic carbocycles. The zero-order valence-electron chi connectivity index (χ0n) is 14.1. The Kier molecular flexibility index (Phi) is 5.73. The van der Waals surface area contributed by atoms with Crippen LogP contribution in [0.1, 0.15) is 51.4 Å². The van der Waals surface area contributed by atoms with Crippen LogP contribution in [0.2, 0.25) is 0 Å². The minimum atomic E-state index is 0.00429. The van der Waals surface area contributed by atoms with Crippen molar-refractivity contribution >= 4 is 17.6 Å². The SMILES string of the molecule is CCC(C)C(=O)Nc1cccc(CNc2nc(C(C)C)no2)c1. The number of rotatable bonds is 7. The van der Waals surface area contributed by atoms with Crippen LogP contribution in [0.5, 0.6) is 0 Å². The highest BCUT2D eigenvalue weighted by Crippen LogP contribution is 2.16. The molecule has 2 aromatic rings. The van der Waals surface area contributed by atoms with Crippen molar-refractivity contribution in [1.29, 1.82) is 0 Å². The molecular weight excluding hydrogens is 292 g/mol. The van der Waals surface area contributed by atoms with Gasteiger partial charge in [-0.25, -0.2) is 0 Å². The van der Waals surface area contributed by atoms with E-state index in [4.69, 9.17) is 4.52 Å². The van der Waals surface area contributed by atoms with Crippen molar-refractivity contribution in [3.8, 4) is 0 Å². The van der Waals surface area contributed by atoms with Gasteiger partial charge >= 0.3 is 6.01 Å². The van der Waals surface area contributed by atoms with E-state index in [-0.39, 0.29) is 17.7 Å². The molecule has 23 heavy (non-hydrogen) atoms. The number of anilines is 2. The van der Waals surface area contributed by atoms with Gasteiger partial charge in [0, 0.05) is 24.1 Å². The van der Waals surface area contributed by atoms with Gasteiger partial charge in [0.2, 0.25) is 5.91 Å². The highest BCUT2D eigenvalue weighted by molar-refractivity contribution is 5.92. The summed E-state index contributed by atoms with van der Waals surface area (Å²) in [5.74, 6) is 0.955. The first-order valence-electron chi connectivity index (χ1n) is 7.96. The van der Waals surface area contributed by atoms with Gasteiger partial charge in [0.15, 0.2) is 5.82 Å². The van der Waals surface area contributed by atoms with Crippen molar-refractivity contribution in [2.45, 2.75) is 46.6 Å². The summed E-state index contributed by atoms with van der Waals surface area (Å²) in [7, 11) is 0. The normalized spacial score (nSPS) is 12.2. The van der Waals surface area contributed by atoms with Crippen molar-refractivity contribution in [3.05, 3.63) is 35.7 Å². The van der Waals surface area contributed by atoms with Gasteiger partial charge in [-0.1, -0.05) is 45.0 Å². The molecule has 1 atom stereocenters. The Balaban J connectivity index is 1.95. The molecule has 0 saturated carbocycles. The number of nitrogens with zero attached hydrogens (tertiary/aromatic N) is 2. The topological polar surface area (TPSA) is 80.0 Å². The Morgan fingerprint density at radius 2 is 2.09 bits per heavy atom. The van der Waals surface area contributed by atoms with E-state index in [0.29, 0.717) is 18.4 Å². The van der Waals surface area contributed by atoms with Gasteiger partial charge < -0.3 is 15.2 Å². The van der Waals surface area contributed by atoms with Gasteiger partial charge in [-0.2, -0.15) is 4.98 Å². The fourth-order valence-corrected chi connectivity index (χ4v) is 1.93. The quantitative estimate of drug-likeness (QED) is 0.812. The summed E-state index contributed by atoms with van der Waals surface area (Å²) in [5.41, 5.74) is 1.82. The van der Waals surface area contributed by atoms with Crippen molar-refractivity contribution < 1.29 is 9.32 Å². The van der Waals surface area contributed by atoms with E-state index in [9.17, 15) is 4.79 Å². The molecule has 124 valence electrons. The van der Waals surface area contributed by atoms with Crippen molar-refractivity contribution in [2.75, 3.05) is 10.6 Å². The molecule has 2 rings (SSSR count). The summed E-state index contributed by atoms with van der Waals surface area (Å²) >= 11 is 0. The van der Waals surface area contributed by atoms with Crippen LogP contribution in [0.25, 0.3) is 0 Å². The summed E-state index contributed by atoms with van der Waals surface area (Å²) < 4.78 is 5.15. The summed E-state index contributed by atoms with van der Waals surface area (Å²) in [6, 6.07) is 8.12. The molecule has 1 amide bonds. The molecule has 6 heteroatoms. The molecule has 1 unspecified atom stereocenters. The fraction of sp³-hybridized carbons (Fsp3) is 0.471. The fourth-order valence-electron chi connectivity index (χ4n) is 1.93. The first-order valence-corrected chi connectivity index (χ1v) is 7.96. The van der Waals surface area contributed by atoms with Crippen LogP contribution in [-0.2, 0) is 11.3 Å². The highest BCUT2D eigenvalue weighted by Gasteiger charge is 2.11. The maximum absolute atomic E-state index is 11.9. The number of amides is 1. The summed E-state index contributed by atoms with van der Waals surface area (Å²) in [4.78, 5) is 16.2. The first kappa shape index (κ1) is 17.0. The van der Waals surface area contributed by atoms with E-state index in [1.54, 1.807) is 0 Å². The third-order valence-electron chi connectivity index (χ3n) is 3.66. The van der Waals surface area contributed by atoms with Gasteiger partial charge in [0.25, 0.3) is 0 Å². The van der Waals surface area contributed by atoms with Crippen LogP contribution in [0.15, 0.2) is 28.8 Å².